The van der Waals surface area contributed by atoms with Gasteiger partial charge in [0.15, 0.2) is 0 Å². The quantitative estimate of drug-likeness (QED) is 0.567. The molecule has 3 atom stereocenters. The van der Waals surface area contributed by atoms with Gasteiger partial charge in [-0.05, 0) is 36.2 Å². The van der Waals surface area contributed by atoms with Gasteiger partial charge in [0, 0.05) is 5.75 Å². The molecule has 0 aromatic rings. The van der Waals surface area contributed by atoms with E-state index in [1.807, 2.05) is 0 Å². The van der Waals surface area contributed by atoms with E-state index in [9.17, 15) is 0 Å². The maximum absolute atomic E-state index is 6.03. The van der Waals surface area contributed by atoms with Crippen molar-refractivity contribution < 1.29 is 4.74 Å². The molecule has 1 aliphatic rings. The summed E-state index contributed by atoms with van der Waals surface area (Å²) in [4.78, 5) is 0. The molecule has 1 saturated carbocycles. The molecule has 1 aliphatic carbocycles. The van der Waals surface area contributed by atoms with E-state index in [0.717, 1.165) is 29.1 Å². The van der Waals surface area contributed by atoms with Crippen LogP contribution in [0.15, 0.2) is 12.2 Å². The van der Waals surface area contributed by atoms with Crippen molar-refractivity contribution in [3.8, 4) is 0 Å². The molecule has 0 aliphatic heterocycles. The minimum absolute atomic E-state index is 0.431. The molecule has 3 unspecified atom stereocenters. The summed E-state index contributed by atoms with van der Waals surface area (Å²) in [5.74, 6) is 2.99. The van der Waals surface area contributed by atoms with Crippen molar-refractivity contribution in [1.29, 1.82) is 0 Å². The van der Waals surface area contributed by atoms with Crippen LogP contribution in [0.2, 0.25) is 0 Å². The Morgan fingerprint density at radius 2 is 2.12 bits per heavy atom. The van der Waals surface area contributed by atoms with E-state index in [0.29, 0.717) is 12.7 Å². The molecule has 0 N–H and O–H groups in total. The molecule has 0 bridgehead atoms. The van der Waals surface area contributed by atoms with Crippen molar-refractivity contribution in [2.75, 3.05) is 12.4 Å². The molecule has 0 radical (unpaired) electrons. The van der Waals surface area contributed by atoms with Gasteiger partial charge in [-0.2, -0.15) is 12.6 Å². The minimum Gasteiger partial charge on any atom is -0.374 e. The Kier molecular flexibility index (Phi) is 5.91. The second kappa shape index (κ2) is 6.70. The van der Waals surface area contributed by atoms with Gasteiger partial charge in [-0.3, -0.25) is 0 Å². The van der Waals surface area contributed by atoms with E-state index >= 15 is 0 Å². The molecule has 2 heteroatoms. The second-order valence-corrected chi connectivity index (χ2v) is 5.90. The number of hydrogen-bond donors (Lipinski definition) is 1. The Morgan fingerprint density at radius 3 is 2.69 bits per heavy atom. The van der Waals surface area contributed by atoms with Crippen LogP contribution in [0, 0.1) is 17.8 Å². The molecule has 0 saturated heterocycles. The van der Waals surface area contributed by atoms with Crippen LogP contribution in [-0.2, 0) is 4.74 Å². The molecule has 0 spiro atoms. The van der Waals surface area contributed by atoms with E-state index in [-0.39, 0.29) is 0 Å². The normalized spacial score (nSPS) is 30.7. The van der Waals surface area contributed by atoms with E-state index in [2.05, 4.69) is 40.0 Å². The Morgan fingerprint density at radius 1 is 1.44 bits per heavy atom. The molecule has 1 fully saturated rings. The Bertz CT molecular complexity index is 225. The molecule has 16 heavy (non-hydrogen) atoms. The number of rotatable bonds is 5. The van der Waals surface area contributed by atoms with E-state index in [1.165, 1.54) is 19.3 Å². The highest BCUT2D eigenvalue weighted by atomic mass is 32.1. The summed E-state index contributed by atoms with van der Waals surface area (Å²) >= 11 is 4.21. The molecular formula is C14H26OS. The fourth-order valence-corrected chi connectivity index (χ4v) is 2.67. The van der Waals surface area contributed by atoms with E-state index in [4.69, 9.17) is 4.74 Å². The first-order valence-electron chi connectivity index (χ1n) is 6.43. The van der Waals surface area contributed by atoms with Crippen LogP contribution in [0.3, 0.4) is 0 Å². The number of ether oxygens (including phenoxy) is 1. The highest BCUT2D eigenvalue weighted by molar-refractivity contribution is 7.80. The lowest BCUT2D eigenvalue weighted by Crippen LogP contribution is -2.34. The van der Waals surface area contributed by atoms with Gasteiger partial charge < -0.3 is 4.74 Å². The van der Waals surface area contributed by atoms with E-state index in [1.54, 1.807) is 0 Å². The first-order valence-corrected chi connectivity index (χ1v) is 7.07. The number of hydrogen-bond acceptors (Lipinski definition) is 2. The molecule has 0 amide bonds. The van der Waals surface area contributed by atoms with Gasteiger partial charge >= 0.3 is 0 Å². The second-order valence-electron chi connectivity index (χ2n) is 5.58. The molecular weight excluding hydrogens is 216 g/mol. The molecule has 1 rings (SSSR count). The van der Waals surface area contributed by atoms with Gasteiger partial charge in [-0.25, -0.2) is 0 Å². The summed E-state index contributed by atoms with van der Waals surface area (Å²) in [5.41, 5.74) is 1.09. The zero-order valence-corrected chi connectivity index (χ0v) is 11.8. The summed E-state index contributed by atoms with van der Waals surface area (Å²) in [7, 11) is 0. The first kappa shape index (κ1) is 14.1. The molecule has 0 aromatic heterocycles. The van der Waals surface area contributed by atoms with Crippen molar-refractivity contribution in [2.45, 2.75) is 46.1 Å². The van der Waals surface area contributed by atoms with Crippen LogP contribution in [0.4, 0.5) is 0 Å². The van der Waals surface area contributed by atoms with Crippen molar-refractivity contribution in [2.24, 2.45) is 17.8 Å². The lowest BCUT2D eigenvalue weighted by molar-refractivity contribution is -0.0285. The van der Waals surface area contributed by atoms with Crippen molar-refractivity contribution >= 4 is 12.6 Å². The van der Waals surface area contributed by atoms with Crippen LogP contribution in [0.1, 0.15) is 40.0 Å². The summed E-state index contributed by atoms with van der Waals surface area (Å²) in [6.07, 6.45) is 4.32. The van der Waals surface area contributed by atoms with Crippen LogP contribution in [0.5, 0.6) is 0 Å². The fraction of sp³-hybridized carbons (Fsp3) is 0.857. The molecule has 1 nitrogen and oxygen atoms in total. The van der Waals surface area contributed by atoms with Crippen LogP contribution in [-0.4, -0.2) is 18.5 Å². The number of thiol groups is 1. The summed E-state index contributed by atoms with van der Waals surface area (Å²) < 4.78 is 6.03. The average Bonchev–Trinajstić information content (AvgIpc) is 2.25. The van der Waals surface area contributed by atoms with Crippen molar-refractivity contribution in [3.05, 3.63) is 12.2 Å². The third kappa shape index (κ3) is 4.14. The zero-order chi connectivity index (χ0) is 12.1. The topological polar surface area (TPSA) is 9.23 Å². The average molecular weight is 242 g/mol. The lowest BCUT2D eigenvalue weighted by Gasteiger charge is -2.37. The van der Waals surface area contributed by atoms with Gasteiger partial charge in [0.25, 0.3) is 0 Å². The van der Waals surface area contributed by atoms with Gasteiger partial charge in [0.1, 0.15) is 0 Å². The SMILES string of the molecule is C=C(CS)COC1CC(C)CCC1C(C)C. The molecule has 0 heterocycles. The monoisotopic (exact) mass is 242 g/mol. The van der Waals surface area contributed by atoms with Crippen molar-refractivity contribution in [3.63, 3.8) is 0 Å². The zero-order valence-electron chi connectivity index (χ0n) is 10.9. The minimum atomic E-state index is 0.431. The molecule has 0 aromatic carbocycles. The van der Waals surface area contributed by atoms with Crippen LogP contribution < -0.4 is 0 Å². The van der Waals surface area contributed by atoms with Crippen LogP contribution in [0.25, 0.3) is 0 Å². The maximum atomic E-state index is 6.03. The smallest absolute Gasteiger partial charge is 0.0686 e. The first-order chi connectivity index (χ1) is 7.54. The highest BCUT2D eigenvalue weighted by Crippen LogP contribution is 2.35. The largest absolute Gasteiger partial charge is 0.374 e. The summed E-state index contributed by atoms with van der Waals surface area (Å²) in [6.45, 7) is 11.6. The van der Waals surface area contributed by atoms with Crippen molar-refractivity contribution in [1.82, 2.24) is 0 Å². The Balaban J connectivity index is 2.47. The predicted octanol–water partition coefficient (Wildman–Crippen LogP) is 3.95. The Hall–Kier alpha value is 0.0500. The summed E-state index contributed by atoms with van der Waals surface area (Å²) in [5, 5.41) is 0. The maximum Gasteiger partial charge on any atom is 0.0686 e. The fourth-order valence-electron chi connectivity index (χ4n) is 2.58. The van der Waals surface area contributed by atoms with Gasteiger partial charge in [0.2, 0.25) is 0 Å². The van der Waals surface area contributed by atoms with Gasteiger partial charge in [-0.1, -0.05) is 33.8 Å². The van der Waals surface area contributed by atoms with E-state index < -0.39 is 0 Å². The van der Waals surface area contributed by atoms with Gasteiger partial charge in [-0.15, -0.1) is 0 Å². The predicted molar refractivity (Wildman–Crippen MR) is 74.1 cm³/mol. The Labute approximate surface area is 106 Å². The third-order valence-electron chi connectivity index (χ3n) is 3.69. The van der Waals surface area contributed by atoms with Gasteiger partial charge in [0.05, 0.1) is 12.7 Å². The van der Waals surface area contributed by atoms with Crippen LogP contribution >= 0.6 is 12.6 Å². The summed E-state index contributed by atoms with van der Waals surface area (Å²) in [6, 6.07) is 0. The highest BCUT2D eigenvalue weighted by Gasteiger charge is 2.31. The molecule has 94 valence electrons. The lowest BCUT2D eigenvalue weighted by atomic mass is 9.75. The third-order valence-corrected chi connectivity index (χ3v) is 4.13. The standard InChI is InChI=1S/C14H26OS/c1-10(2)13-6-5-11(3)7-14(13)15-8-12(4)9-16/h10-11,13-14,16H,4-9H2,1-3H3.